The molecule has 0 heterocycles. The van der Waals surface area contributed by atoms with E-state index in [0.29, 0.717) is 0 Å². The van der Waals surface area contributed by atoms with E-state index in [1.807, 2.05) is 6.92 Å². The fourth-order valence-electron chi connectivity index (χ4n) is 0.505. The van der Waals surface area contributed by atoms with Gasteiger partial charge in [0, 0.05) is 5.71 Å². The van der Waals surface area contributed by atoms with Crippen LogP contribution in [-0.4, -0.2) is 5.71 Å². The minimum atomic E-state index is 0.746. The van der Waals surface area contributed by atoms with Gasteiger partial charge in [0.2, 0.25) is 0 Å². The lowest BCUT2D eigenvalue weighted by molar-refractivity contribution is 0.602. The van der Waals surface area contributed by atoms with Crippen molar-refractivity contribution in [3.8, 4) is 0 Å². The first-order valence-corrected chi connectivity index (χ1v) is 3.17. The van der Waals surface area contributed by atoms with Crippen molar-refractivity contribution in [1.82, 2.24) is 0 Å². The Kier molecular flexibility index (Phi) is 3.49. The fourth-order valence-corrected chi connectivity index (χ4v) is 0.505. The van der Waals surface area contributed by atoms with E-state index >= 15 is 0 Å². The Labute approximate surface area is 51.6 Å². The molecule has 0 aromatic carbocycles. The van der Waals surface area contributed by atoms with E-state index in [0.717, 1.165) is 24.5 Å². The summed E-state index contributed by atoms with van der Waals surface area (Å²) in [5, 5.41) is 7.09. The Balaban J connectivity index is 3.05. The monoisotopic (exact) mass is 113 g/mol. The van der Waals surface area contributed by atoms with Gasteiger partial charge in [-0.2, -0.15) is 0 Å². The Morgan fingerprint density at radius 2 is 2.00 bits per heavy atom. The first-order chi connectivity index (χ1) is 3.63. The average molecular weight is 113 g/mol. The van der Waals surface area contributed by atoms with E-state index < -0.39 is 0 Å². The average Bonchev–Trinajstić information content (AvgIpc) is 1.61. The van der Waals surface area contributed by atoms with Crippen molar-refractivity contribution < 1.29 is 0 Å². The van der Waals surface area contributed by atoms with Gasteiger partial charge in [0.05, 0.1) is 0 Å². The first-order valence-electron chi connectivity index (χ1n) is 3.17. The second-order valence-electron chi connectivity index (χ2n) is 2.71. The van der Waals surface area contributed by atoms with Crippen LogP contribution in [0.2, 0.25) is 0 Å². The molecule has 0 aliphatic heterocycles. The maximum absolute atomic E-state index is 7.09. The molecule has 0 saturated carbocycles. The van der Waals surface area contributed by atoms with Crippen molar-refractivity contribution in [2.24, 2.45) is 5.92 Å². The number of rotatable bonds is 3. The normalized spacial score (nSPS) is 10.0. The van der Waals surface area contributed by atoms with E-state index in [1.54, 1.807) is 0 Å². The molecule has 1 nitrogen and oxygen atoms in total. The first kappa shape index (κ1) is 7.67. The quantitative estimate of drug-likeness (QED) is 0.544. The number of nitrogens with one attached hydrogen (secondary N) is 1. The zero-order chi connectivity index (χ0) is 6.57. The largest absolute Gasteiger partial charge is 0.310 e. The third-order valence-electron chi connectivity index (χ3n) is 1.10. The summed E-state index contributed by atoms with van der Waals surface area (Å²) >= 11 is 0. The molecule has 0 saturated heterocycles. The maximum Gasteiger partial charge on any atom is 0.00583 e. The zero-order valence-corrected chi connectivity index (χ0v) is 5.99. The SMILES string of the molecule is CC(=N)CCC(C)C. The van der Waals surface area contributed by atoms with E-state index in [9.17, 15) is 0 Å². The van der Waals surface area contributed by atoms with Crippen molar-refractivity contribution in [3.05, 3.63) is 0 Å². The van der Waals surface area contributed by atoms with Gasteiger partial charge in [0.15, 0.2) is 0 Å². The van der Waals surface area contributed by atoms with E-state index in [-0.39, 0.29) is 0 Å². The maximum atomic E-state index is 7.09. The molecule has 1 heteroatoms. The summed E-state index contributed by atoms with van der Waals surface area (Å²) in [6, 6.07) is 0. The molecule has 0 spiro atoms. The summed E-state index contributed by atoms with van der Waals surface area (Å²) in [6.07, 6.45) is 2.13. The Morgan fingerprint density at radius 3 is 2.12 bits per heavy atom. The second kappa shape index (κ2) is 3.65. The minimum absolute atomic E-state index is 0.746. The summed E-state index contributed by atoms with van der Waals surface area (Å²) < 4.78 is 0. The molecule has 0 aliphatic rings. The fraction of sp³-hybridized carbons (Fsp3) is 0.857. The Bertz CT molecular complexity index is 74.5. The van der Waals surface area contributed by atoms with Gasteiger partial charge in [-0.3, -0.25) is 0 Å². The van der Waals surface area contributed by atoms with Gasteiger partial charge >= 0.3 is 0 Å². The van der Waals surface area contributed by atoms with Crippen LogP contribution < -0.4 is 0 Å². The van der Waals surface area contributed by atoms with Crippen molar-refractivity contribution in [2.45, 2.75) is 33.6 Å². The minimum Gasteiger partial charge on any atom is -0.310 e. The smallest absolute Gasteiger partial charge is 0.00583 e. The highest BCUT2D eigenvalue weighted by atomic mass is 14.4. The van der Waals surface area contributed by atoms with Gasteiger partial charge in [-0.25, -0.2) is 0 Å². The molecule has 0 atom stereocenters. The topological polar surface area (TPSA) is 23.9 Å². The molecule has 0 aromatic heterocycles. The van der Waals surface area contributed by atoms with Crippen LogP contribution in [-0.2, 0) is 0 Å². The number of hydrogen-bond acceptors (Lipinski definition) is 1. The van der Waals surface area contributed by atoms with Crippen LogP contribution >= 0.6 is 0 Å². The molecule has 0 rings (SSSR count). The van der Waals surface area contributed by atoms with Gasteiger partial charge < -0.3 is 5.41 Å². The van der Waals surface area contributed by atoms with Crippen molar-refractivity contribution in [1.29, 1.82) is 5.41 Å². The number of hydrogen-bond donors (Lipinski definition) is 1. The molecular formula is C7H15N. The molecule has 0 amide bonds. The molecule has 48 valence electrons. The highest BCUT2D eigenvalue weighted by molar-refractivity contribution is 5.78. The van der Waals surface area contributed by atoms with Crippen LogP contribution in [0.25, 0.3) is 0 Å². The molecule has 0 radical (unpaired) electrons. The van der Waals surface area contributed by atoms with Crippen LogP contribution in [0.4, 0.5) is 0 Å². The third-order valence-corrected chi connectivity index (χ3v) is 1.10. The van der Waals surface area contributed by atoms with E-state index in [4.69, 9.17) is 5.41 Å². The van der Waals surface area contributed by atoms with Crippen molar-refractivity contribution >= 4 is 5.71 Å². The summed E-state index contributed by atoms with van der Waals surface area (Å²) in [4.78, 5) is 0. The van der Waals surface area contributed by atoms with Crippen molar-refractivity contribution in [2.75, 3.05) is 0 Å². The molecule has 1 N–H and O–H groups in total. The highest BCUT2D eigenvalue weighted by Gasteiger charge is 1.92. The molecule has 0 unspecified atom stereocenters. The molecule has 8 heavy (non-hydrogen) atoms. The molecule has 0 aliphatic carbocycles. The summed E-state index contributed by atoms with van der Waals surface area (Å²) in [7, 11) is 0. The summed E-state index contributed by atoms with van der Waals surface area (Å²) in [5.41, 5.74) is 0.804. The van der Waals surface area contributed by atoms with Gasteiger partial charge in [-0.15, -0.1) is 0 Å². The van der Waals surface area contributed by atoms with E-state index in [1.165, 1.54) is 0 Å². The van der Waals surface area contributed by atoms with Crippen LogP contribution in [0.3, 0.4) is 0 Å². The van der Waals surface area contributed by atoms with Crippen LogP contribution in [0.15, 0.2) is 0 Å². The Morgan fingerprint density at radius 1 is 1.50 bits per heavy atom. The molecular weight excluding hydrogens is 98.1 g/mol. The lowest BCUT2D eigenvalue weighted by atomic mass is 10.1. The van der Waals surface area contributed by atoms with Gasteiger partial charge in [0.1, 0.15) is 0 Å². The highest BCUT2D eigenvalue weighted by Crippen LogP contribution is 2.02. The summed E-state index contributed by atoms with van der Waals surface area (Å²) in [6.45, 7) is 6.23. The predicted molar refractivity (Wildman–Crippen MR) is 37.5 cm³/mol. The van der Waals surface area contributed by atoms with Crippen LogP contribution in [0.5, 0.6) is 0 Å². The summed E-state index contributed by atoms with van der Waals surface area (Å²) in [5.74, 6) is 0.746. The predicted octanol–water partition coefficient (Wildman–Crippen LogP) is 2.46. The lowest BCUT2D eigenvalue weighted by Gasteiger charge is -2.00. The van der Waals surface area contributed by atoms with E-state index in [2.05, 4.69) is 13.8 Å². The van der Waals surface area contributed by atoms with Gasteiger partial charge in [0.25, 0.3) is 0 Å². The van der Waals surface area contributed by atoms with Gasteiger partial charge in [-0.05, 0) is 25.7 Å². The lowest BCUT2D eigenvalue weighted by Crippen LogP contribution is -1.92. The second-order valence-corrected chi connectivity index (χ2v) is 2.71. The van der Waals surface area contributed by atoms with Crippen LogP contribution in [0.1, 0.15) is 33.6 Å². The molecule has 0 bridgehead atoms. The Hall–Kier alpha value is -0.330. The molecule has 0 fully saturated rings. The molecule has 0 aromatic rings. The van der Waals surface area contributed by atoms with Crippen molar-refractivity contribution in [3.63, 3.8) is 0 Å². The van der Waals surface area contributed by atoms with Gasteiger partial charge in [-0.1, -0.05) is 13.8 Å². The third kappa shape index (κ3) is 5.67. The standard InChI is InChI=1S/C7H15N/c1-6(2)4-5-7(3)8/h6,8H,4-5H2,1-3H3. The zero-order valence-electron chi connectivity index (χ0n) is 5.99. The van der Waals surface area contributed by atoms with Crippen LogP contribution in [0, 0.1) is 11.3 Å².